The lowest BCUT2D eigenvalue weighted by atomic mass is 10.1. The Morgan fingerprint density at radius 3 is 2.31 bits per heavy atom. The standard InChI is InChI=1S/C21H28N2O5S/c1-16-9-11-17(12-10-16)29(25,26)27-15-7-5-6-8-18-19(23-14-13-22-18)20(24)28-21(2,3)4/h9-14H,5-8,15H2,1-4H3. The molecule has 0 atom stereocenters. The molecule has 1 aromatic heterocycles. The molecule has 8 heteroatoms. The van der Waals surface area contributed by atoms with Crippen LogP contribution < -0.4 is 0 Å². The minimum Gasteiger partial charge on any atom is -0.455 e. The van der Waals surface area contributed by atoms with Crippen LogP contribution in [0.2, 0.25) is 0 Å². The van der Waals surface area contributed by atoms with Crippen molar-refractivity contribution >= 4 is 16.1 Å². The summed E-state index contributed by atoms with van der Waals surface area (Å²) in [4.78, 5) is 20.8. The molecule has 0 radical (unpaired) electrons. The number of unbranched alkanes of at least 4 members (excludes halogenated alkanes) is 2. The highest BCUT2D eigenvalue weighted by atomic mass is 32.2. The second kappa shape index (κ2) is 9.93. The fourth-order valence-corrected chi connectivity index (χ4v) is 3.50. The summed E-state index contributed by atoms with van der Waals surface area (Å²) in [7, 11) is -3.74. The van der Waals surface area contributed by atoms with E-state index in [2.05, 4.69) is 9.97 Å². The molecule has 0 saturated carbocycles. The second-order valence-corrected chi connectivity index (χ2v) is 9.37. The lowest BCUT2D eigenvalue weighted by molar-refractivity contribution is 0.00607. The Hall–Kier alpha value is -2.32. The Labute approximate surface area is 172 Å². The quantitative estimate of drug-likeness (QED) is 0.345. The Balaban J connectivity index is 1.80. The van der Waals surface area contributed by atoms with E-state index in [9.17, 15) is 13.2 Å². The Morgan fingerprint density at radius 2 is 1.66 bits per heavy atom. The topological polar surface area (TPSA) is 95.5 Å². The van der Waals surface area contributed by atoms with Gasteiger partial charge in [0.05, 0.1) is 17.2 Å². The normalized spacial score (nSPS) is 12.0. The summed E-state index contributed by atoms with van der Waals surface area (Å²) in [5.74, 6) is -0.492. The number of carbonyl (C=O) groups is 1. The Bertz CT molecular complexity index is 919. The summed E-state index contributed by atoms with van der Waals surface area (Å²) in [6, 6.07) is 6.55. The van der Waals surface area contributed by atoms with E-state index in [1.165, 1.54) is 18.3 Å². The van der Waals surface area contributed by atoms with Crippen molar-refractivity contribution in [2.75, 3.05) is 6.61 Å². The summed E-state index contributed by atoms with van der Waals surface area (Å²) >= 11 is 0. The summed E-state index contributed by atoms with van der Waals surface area (Å²) in [6.07, 6.45) is 5.59. The fraction of sp³-hybridized carbons (Fsp3) is 0.476. The predicted octanol–water partition coefficient (Wildman–Crippen LogP) is 3.86. The lowest BCUT2D eigenvalue weighted by Gasteiger charge is -2.19. The van der Waals surface area contributed by atoms with Crippen molar-refractivity contribution in [3.63, 3.8) is 0 Å². The zero-order chi connectivity index (χ0) is 21.5. The van der Waals surface area contributed by atoms with Gasteiger partial charge in [-0.05, 0) is 59.1 Å². The van der Waals surface area contributed by atoms with Gasteiger partial charge in [0.15, 0.2) is 5.69 Å². The number of aryl methyl sites for hydroxylation is 2. The number of esters is 1. The maximum atomic E-state index is 12.3. The summed E-state index contributed by atoms with van der Waals surface area (Å²) < 4.78 is 34.7. The van der Waals surface area contributed by atoms with Crippen LogP contribution in [0.3, 0.4) is 0 Å². The molecule has 0 spiro atoms. The third-order valence-electron chi connectivity index (χ3n) is 3.97. The van der Waals surface area contributed by atoms with E-state index in [0.29, 0.717) is 18.5 Å². The number of aromatic nitrogens is 2. The molecule has 0 aliphatic carbocycles. The molecule has 158 valence electrons. The van der Waals surface area contributed by atoms with Crippen LogP contribution in [0, 0.1) is 6.92 Å². The van der Waals surface area contributed by atoms with Crippen LogP contribution in [0.5, 0.6) is 0 Å². The average molecular weight is 421 g/mol. The molecule has 1 aromatic carbocycles. The molecule has 29 heavy (non-hydrogen) atoms. The fourth-order valence-electron chi connectivity index (χ4n) is 2.56. The van der Waals surface area contributed by atoms with Gasteiger partial charge in [-0.3, -0.25) is 9.17 Å². The van der Waals surface area contributed by atoms with Crippen molar-refractivity contribution in [2.45, 2.75) is 63.9 Å². The lowest BCUT2D eigenvalue weighted by Crippen LogP contribution is -2.25. The number of nitrogens with zero attached hydrogens (tertiary/aromatic N) is 2. The third kappa shape index (κ3) is 7.55. The predicted molar refractivity (Wildman–Crippen MR) is 109 cm³/mol. The molecule has 0 aliphatic rings. The Morgan fingerprint density at radius 1 is 1.00 bits per heavy atom. The van der Waals surface area contributed by atoms with Gasteiger partial charge in [0, 0.05) is 12.4 Å². The summed E-state index contributed by atoms with van der Waals surface area (Å²) in [6.45, 7) is 7.39. The molecule has 2 aromatic rings. The third-order valence-corrected chi connectivity index (χ3v) is 5.30. The molecule has 0 bridgehead atoms. The average Bonchev–Trinajstić information content (AvgIpc) is 2.64. The van der Waals surface area contributed by atoms with Crippen LogP contribution in [0.4, 0.5) is 0 Å². The van der Waals surface area contributed by atoms with Gasteiger partial charge in [-0.1, -0.05) is 24.1 Å². The maximum Gasteiger partial charge on any atom is 0.359 e. The molecule has 0 saturated heterocycles. The first-order valence-corrected chi connectivity index (χ1v) is 11.0. The molecule has 1 heterocycles. The Kier molecular flexibility index (Phi) is 7.87. The molecule has 2 rings (SSSR count). The van der Waals surface area contributed by atoms with Crippen molar-refractivity contribution in [3.05, 3.63) is 53.6 Å². The van der Waals surface area contributed by atoms with Gasteiger partial charge in [-0.25, -0.2) is 9.78 Å². The number of benzene rings is 1. The van der Waals surface area contributed by atoms with Crippen molar-refractivity contribution in [1.82, 2.24) is 9.97 Å². The van der Waals surface area contributed by atoms with Gasteiger partial charge >= 0.3 is 5.97 Å². The molecular weight excluding hydrogens is 392 g/mol. The van der Waals surface area contributed by atoms with Crippen molar-refractivity contribution < 1.29 is 22.1 Å². The zero-order valence-electron chi connectivity index (χ0n) is 17.3. The van der Waals surface area contributed by atoms with E-state index in [0.717, 1.165) is 18.4 Å². The molecule has 0 N–H and O–H groups in total. The van der Waals surface area contributed by atoms with Gasteiger partial charge in [0.25, 0.3) is 10.1 Å². The van der Waals surface area contributed by atoms with Crippen LogP contribution in [0.15, 0.2) is 41.6 Å². The van der Waals surface area contributed by atoms with Gasteiger partial charge in [0.2, 0.25) is 0 Å². The molecular formula is C21H28N2O5S. The number of ether oxygens (including phenoxy) is 1. The van der Waals surface area contributed by atoms with Crippen LogP contribution in [0.25, 0.3) is 0 Å². The van der Waals surface area contributed by atoms with Crippen LogP contribution >= 0.6 is 0 Å². The van der Waals surface area contributed by atoms with Crippen molar-refractivity contribution in [3.8, 4) is 0 Å². The van der Waals surface area contributed by atoms with Crippen LogP contribution in [-0.2, 0) is 25.5 Å². The zero-order valence-corrected chi connectivity index (χ0v) is 18.2. The first-order chi connectivity index (χ1) is 13.6. The summed E-state index contributed by atoms with van der Waals surface area (Å²) in [5, 5.41) is 0. The number of rotatable bonds is 9. The van der Waals surface area contributed by atoms with E-state index in [-0.39, 0.29) is 17.2 Å². The molecule has 0 aliphatic heterocycles. The van der Waals surface area contributed by atoms with E-state index in [1.54, 1.807) is 39.1 Å². The smallest absolute Gasteiger partial charge is 0.359 e. The molecule has 0 amide bonds. The molecule has 0 fully saturated rings. The summed E-state index contributed by atoms with van der Waals surface area (Å²) in [5.41, 5.74) is 1.18. The minimum absolute atomic E-state index is 0.107. The molecule has 7 nitrogen and oxygen atoms in total. The number of hydrogen-bond acceptors (Lipinski definition) is 7. The van der Waals surface area contributed by atoms with Gasteiger partial charge in [-0.15, -0.1) is 0 Å². The maximum absolute atomic E-state index is 12.3. The van der Waals surface area contributed by atoms with Gasteiger partial charge in [0.1, 0.15) is 5.60 Å². The van der Waals surface area contributed by atoms with Gasteiger partial charge < -0.3 is 4.74 Å². The van der Waals surface area contributed by atoms with Crippen LogP contribution in [0.1, 0.15) is 61.8 Å². The van der Waals surface area contributed by atoms with E-state index >= 15 is 0 Å². The van der Waals surface area contributed by atoms with E-state index in [1.807, 2.05) is 6.92 Å². The highest BCUT2D eigenvalue weighted by Gasteiger charge is 2.22. The molecule has 0 unspecified atom stereocenters. The van der Waals surface area contributed by atoms with E-state index < -0.39 is 21.7 Å². The van der Waals surface area contributed by atoms with Crippen LogP contribution in [-0.4, -0.2) is 36.6 Å². The highest BCUT2D eigenvalue weighted by Crippen LogP contribution is 2.16. The van der Waals surface area contributed by atoms with E-state index in [4.69, 9.17) is 8.92 Å². The monoisotopic (exact) mass is 420 g/mol. The minimum atomic E-state index is -3.74. The number of hydrogen-bond donors (Lipinski definition) is 0. The van der Waals surface area contributed by atoms with Crippen molar-refractivity contribution in [1.29, 1.82) is 0 Å². The van der Waals surface area contributed by atoms with Crippen molar-refractivity contribution in [2.24, 2.45) is 0 Å². The first-order valence-electron chi connectivity index (χ1n) is 9.58. The van der Waals surface area contributed by atoms with Gasteiger partial charge in [-0.2, -0.15) is 8.42 Å². The highest BCUT2D eigenvalue weighted by molar-refractivity contribution is 7.86. The first kappa shape index (κ1) is 23.0. The SMILES string of the molecule is Cc1ccc(S(=O)(=O)OCCCCCc2nccnc2C(=O)OC(C)(C)C)cc1. The number of carbonyl (C=O) groups excluding carboxylic acids is 1. The largest absolute Gasteiger partial charge is 0.455 e. The second-order valence-electron chi connectivity index (χ2n) is 7.75.